The predicted molar refractivity (Wildman–Crippen MR) is 89.4 cm³/mol. The first-order valence-electron chi connectivity index (χ1n) is 7.57. The minimum Gasteiger partial charge on any atom is -0.383 e. The molecule has 1 heterocycles. The van der Waals surface area contributed by atoms with Crippen LogP contribution in [0, 0.1) is 17.0 Å². The Balaban J connectivity index is 2.27. The molecule has 118 valence electrons. The number of pyridine rings is 1. The van der Waals surface area contributed by atoms with E-state index in [4.69, 9.17) is 0 Å². The van der Waals surface area contributed by atoms with Gasteiger partial charge in [-0.2, -0.15) is 0 Å². The van der Waals surface area contributed by atoms with Crippen LogP contribution in [-0.4, -0.2) is 41.0 Å². The SMILES string of the molecule is CCN(CC)CCNc1cc(C)nc2ccc([N+](=O)[O-])cc12. The number of nitro benzene ring substituents is 1. The summed E-state index contributed by atoms with van der Waals surface area (Å²) < 4.78 is 0. The summed E-state index contributed by atoms with van der Waals surface area (Å²) in [6.45, 7) is 9.96. The highest BCUT2D eigenvalue weighted by Gasteiger charge is 2.11. The van der Waals surface area contributed by atoms with Gasteiger partial charge in [0.05, 0.1) is 10.4 Å². The van der Waals surface area contributed by atoms with Crippen LogP contribution in [0.3, 0.4) is 0 Å². The molecule has 1 N–H and O–H groups in total. The maximum absolute atomic E-state index is 11.0. The maximum atomic E-state index is 11.0. The molecular formula is C16H22N4O2. The molecule has 1 aromatic carbocycles. The van der Waals surface area contributed by atoms with Crippen LogP contribution in [0.1, 0.15) is 19.5 Å². The zero-order valence-corrected chi connectivity index (χ0v) is 13.3. The molecule has 0 bridgehead atoms. The number of hydrogen-bond donors (Lipinski definition) is 1. The lowest BCUT2D eigenvalue weighted by Gasteiger charge is -2.19. The Kier molecular flexibility index (Phi) is 5.27. The molecule has 0 saturated carbocycles. The van der Waals surface area contributed by atoms with Crippen LogP contribution in [0.5, 0.6) is 0 Å². The van der Waals surface area contributed by atoms with Gasteiger partial charge in [-0.25, -0.2) is 0 Å². The van der Waals surface area contributed by atoms with Crippen molar-refractivity contribution in [3.05, 3.63) is 40.1 Å². The number of benzene rings is 1. The standard InChI is InChI=1S/C16H22N4O2/c1-4-19(5-2)9-8-17-16-10-12(3)18-15-7-6-13(20(21)22)11-14(15)16/h6-7,10-11H,4-5,8-9H2,1-3H3,(H,17,18). The molecule has 0 fully saturated rings. The molecule has 6 heteroatoms. The van der Waals surface area contributed by atoms with Gasteiger partial charge in [-0.1, -0.05) is 13.8 Å². The molecule has 0 aliphatic heterocycles. The van der Waals surface area contributed by atoms with E-state index in [1.807, 2.05) is 13.0 Å². The minimum absolute atomic E-state index is 0.0879. The summed E-state index contributed by atoms with van der Waals surface area (Å²) in [5, 5.41) is 15.1. The number of fused-ring (bicyclic) bond motifs is 1. The van der Waals surface area contributed by atoms with Gasteiger partial charge in [-0.15, -0.1) is 0 Å². The largest absolute Gasteiger partial charge is 0.383 e. The van der Waals surface area contributed by atoms with Gasteiger partial charge in [-0.3, -0.25) is 15.1 Å². The number of anilines is 1. The lowest BCUT2D eigenvalue weighted by Crippen LogP contribution is -2.28. The molecule has 0 aliphatic rings. The first-order valence-corrected chi connectivity index (χ1v) is 7.57. The fraction of sp³-hybridized carbons (Fsp3) is 0.438. The third kappa shape index (κ3) is 3.71. The molecule has 0 spiro atoms. The van der Waals surface area contributed by atoms with E-state index in [1.165, 1.54) is 6.07 Å². The van der Waals surface area contributed by atoms with Crippen LogP contribution in [0.2, 0.25) is 0 Å². The smallest absolute Gasteiger partial charge is 0.270 e. The predicted octanol–water partition coefficient (Wildman–Crippen LogP) is 3.21. The van der Waals surface area contributed by atoms with Crippen molar-refractivity contribution in [3.8, 4) is 0 Å². The van der Waals surface area contributed by atoms with Gasteiger partial charge in [0, 0.05) is 42.0 Å². The maximum Gasteiger partial charge on any atom is 0.270 e. The molecule has 0 saturated heterocycles. The van der Waals surface area contributed by atoms with Crippen molar-refractivity contribution in [3.63, 3.8) is 0 Å². The molecule has 0 amide bonds. The normalized spacial score (nSPS) is 11.1. The van der Waals surface area contributed by atoms with Crippen molar-refractivity contribution in [2.24, 2.45) is 0 Å². The summed E-state index contributed by atoms with van der Waals surface area (Å²) in [5.74, 6) is 0. The Morgan fingerprint density at radius 1 is 1.27 bits per heavy atom. The van der Waals surface area contributed by atoms with Crippen LogP contribution in [-0.2, 0) is 0 Å². The molecule has 0 radical (unpaired) electrons. The van der Waals surface area contributed by atoms with Crippen molar-refractivity contribution >= 4 is 22.3 Å². The third-order valence-electron chi connectivity index (χ3n) is 3.77. The zero-order valence-electron chi connectivity index (χ0n) is 13.3. The summed E-state index contributed by atoms with van der Waals surface area (Å²) in [7, 11) is 0. The highest BCUT2D eigenvalue weighted by Crippen LogP contribution is 2.27. The van der Waals surface area contributed by atoms with E-state index in [0.717, 1.165) is 48.5 Å². The number of non-ortho nitro benzene ring substituents is 1. The Labute approximate surface area is 130 Å². The molecule has 0 unspecified atom stereocenters. The van der Waals surface area contributed by atoms with Gasteiger partial charge in [0.2, 0.25) is 0 Å². The first kappa shape index (κ1) is 16.2. The van der Waals surface area contributed by atoms with E-state index < -0.39 is 0 Å². The van der Waals surface area contributed by atoms with E-state index in [0.29, 0.717) is 0 Å². The van der Waals surface area contributed by atoms with Crippen molar-refractivity contribution in [1.29, 1.82) is 0 Å². The average Bonchev–Trinajstić information content (AvgIpc) is 2.50. The summed E-state index contributed by atoms with van der Waals surface area (Å²) in [4.78, 5) is 17.4. The highest BCUT2D eigenvalue weighted by molar-refractivity contribution is 5.93. The lowest BCUT2D eigenvalue weighted by molar-refractivity contribution is -0.384. The van der Waals surface area contributed by atoms with Crippen LogP contribution >= 0.6 is 0 Å². The van der Waals surface area contributed by atoms with E-state index >= 15 is 0 Å². The first-order chi connectivity index (χ1) is 10.5. The van der Waals surface area contributed by atoms with Crippen molar-refractivity contribution in [1.82, 2.24) is 9.88 Å². The van der Waals surface area contributed by atoms with Crippen LogP contribution in [0.4, 0.5) is 11.4 Å². The zero-order chi connectivity index (χ0) is 16.1. The molecule has 0 aliphatic carbocycles. The van der Waals surface area contributed by atoms with E-state index in [2.05, 4.69) is 29.0 Å². The Bertz CT molecular complexity index is 668. The average molecular weight is 302 g/mol. The molecule has 0 atom stereocenters. The van der Waals surface area contributed by atoms with Gasteiger partial charge in [0.1, 0.15) is 0 Å². The van der Waals surface area contributed by atoms with Crippen LogP contribution < -0.4 is 5.32 Å². The fourth-order valence-electron chi connectivity index (χ4n) is 2.49. The molecular weight excluding hydrogens is 280 g/mol. The summed E-state index contributed by atoms with van der Waals surface area (Å²) in [6, 6.07) is 6.72. The monoisotopic (exact) mass is 302 g/mol. The summed E-state index contributed by atoms with van der Waals surface area (Å²) in [6.07, 6.45) is 0. The molecule has 1 aromatic heterocycles. The second kappa shape index (κ2) is 7.17. The molecule has 2 rings (SSSR count). The van der Waals surface area contributed by atoms with Gasteiger partial charge in [-0.05, 0) is 32.1 Å². The van der Waals surface area contributed by atoms with E-state index in [-0.39, 0.29) is 10.6 Å². The second-order valence-corrected chi connectivity index (χ2v) is 5.22. The minimum atomic E-state index is -0.376. The summed E-state index contributed by atoms with van der Waals surface area (Å²) in [5.41, 5.74) is 2.66. The Morgan fingerprint density at radius 3 is 2.64 bits per heavy atom. The Hall–Kier alpha value is -2.21. The van der Waals surface area contributed by atoms with E-state index in [9.17, 15) is 10.1 Å². The number of aromatic nitrogens is 1. The number of nitrogens with one attached hydrogen (secondary N) is 1. The molecule has 2 aromatic rings. The third-order valence-corrected chi connectivity index (χ3v) is 3.77. The van der Waals surface area contributed by atoms with Crippen molar-refractivity contribution in [2.75, 3.05) is 31.5 Å². The molecule has 6 nitrogen and oxygen atoms in total. The number of nitro groups is 1. The van der Waals surface area contributed by atoms with Crippen LogP contribution in [0.15, 0.2) is 24.3 Å². The highest BCUT2D eigenvalue weighted by atomic mass is 16.6. The van der Waals surface area contributed by atoms with Crippen molar-refractivity contribution < 1.29 is 4.92 Å². The molecule has 22 heavy (non-hydrogen) atoms. The van der Waals surface area contributed by atoms with Gasteiger partial charge >= 0.3 is 0 Å². The van der Waals surface area contributed by atoms with Gasteiger partial charge in [0.15, 0.2) is 0 Å². The topological polar surface area (TPSA) is 71.3 Å². The lowest BCUT2D eigenvalue weighted by atomic mass is 10.1. The van der Waals surface area contributed by atoms with E-state index in [1.54, 1.807) is 12.1 Å². The summed E-state index contributed by atoms with van der Waals surface area (Å²) >= 11 is 0. The number of hydrogen-bond acceptors (Lipinski definition) is 5. The number of rotatable bonds is 7. The second-order valence-electron chi connectivity index (χ2n) is 5.22. The van der Waals surface area contributed by atoms with Gasteiger partial charge in [0.25, 0.3) is 5.69 Å². The number of nitrogens with zero attached hydrogens (tertiary/aromatic N) is 3. The number of aryl methyl sites for hydroxylation is 1. The number of likely N-dealkylation sites (N-methyl/N-ethyl adjacent to an activating group) is 1. The van der Waals surface area contributed by atoms with Crippen molar-refractivity contribution in [2.45, 2.75) is 20.8 Å². The fourth-order valence-corrected chi connectivity index (χ4v) is 2.49. The Morgan fingerprint density at radius 2 is 2.00 bits per heavy atom. The van der Waals surface area contributed by atoms with Gasteiger partial charge < -0.3 is 10.2 Å². The quantitative estimate of drug-likeness (QED) is 0.628. The van der Waals surface area contributed by atoms with Crippen LogP contribution in [0.25, 0.3) is 10.9 Å².